The van der Waals surface area contributed by atoms with Gasteiger partial charge in [0.05, 0.1) is 0 Å². The lowest BCUT2D eigenvalue weighted by Gasteiger charge is -2.26. The van der Waals surface area contributed by atoms with E-state index in [0.29, 0.717) is 41.5 Å². The van der Waals surface area contributed by atoms with Crippen molar-refractivity contribution in [2.45, 2.75) is 6.92 Å². The second-order valence-corrected chi connectivity index (χ2v) is 7.97. The molecule has 4 rings (SSSR count). The molecule has 0 bridgehead atoms. The molecular formula is C21H22N2O4S. The molecular weight excluding hydrogens is 376 g/mol. The molecule has 2 aliphatic heterocycles. The Bertz CT molecular complexity index is 909. The number of benzene rings is 2. The lowest BCUT2D eigenvalue weighted by atomic mass is 10.1. The smallest absolute Gasteiger partial charge is 0.255 e. The number of carbonyl (C=O) groups excluding carboxylic acids is 2. The van der Waals surface area contributed by atoms with Crippen LogP contribution in [-0.2, 0) is 0 Å². The van der Waals surface area contributed by atoms with Crippen molar-refractivity contribution in [2.75, 3.05) is 43.1 Å². The third-order valence-electron chi connectivity index (χ3n) is 4.82. The summed E-state index contributed by atoms with van der Waals surface area (Å²) in [6.07, 6.45) is 0. The van der Waals surface area contributed by atoms with Crippen LogP contribution in [0.1, 0.15) is 26.3 Å². The highest BCUT2D eigenvalue weighted by atomic mass is 32.2. The third-order valence-corrected chi connectivity index (χ3v) is 5.77. The fourth-order valence-electron chi connectivity index (χ4n) is 3.27. The average Bonchev–Trinajstić information content (AvgIpc) is 2.74. The van der Waals surface area contributed by atoms with E-state index >= 15 is 0 Å². The van der Waals surface area contributed by atoms with E-state index in [2.05, 4.69) is 5.32 Å². The number of thioether (sulfide) groups is 1. The second kappa shape index (κ2) is 8.14. The topological polar surface area (TPSA) is 67.9 Å². The van der Waals surface area contributed by atoms with Crippen molar-refractivity contribution in [3.63, 3.8) is 0 Å². The Kier molecular flexibility index (Phi) is 5.43. The van der Waals surface area contributed by atoms with E-state index in [1.165, 1.54) is 0 Å². The molecule has 0 radical (unpaired) electrons. The zero-order valence-electron chi connectivity index (χ0n) is 15.7. The number of carbonyl (C=O) groups is 2. The number of anilines is 1. The summed E-state index contributed by atoms with van der Waals surface area (Å²) in [4.78, 5) is 27.2. The first-order chi connectivity index (χ1) is 13.6. The van der Waals surface area contributed by atoms with Gasteiger partial charge in [-0.3, -0.25) is 9.59 Å². The van der Waals surface area contributed by atoms with Crippen LogP contribution in [0.25, 0.3) is 0 Å². The highest BCUT2D eigenvalue weighted by Gasteiger charge is 2.20. The van der Waals surface area contributed by atoms with E-state index in [4.69, 9.17) is 9.47 Å². The SMILES string of the molecule is Cc1cc(C(=O)N2CCSCC2)ccc1NC(=O)c1ccc2c(c1)OCCO2. The lowest BCUT2D eigenvalue weighted by molar-refractivity contribution is 0.0772. The molecule has 0 aromatic heterocycles. The summed E-state index contributed by atoms with van der Waals surface area (Å²) < 4.78 is 11.0. The van der Waals surface area contributed by atoms with Crippen molar-refractivity contribution in [3.05, 3.63) is 53.1 Å². The van der Waals surface area contributed by atoms with Crippen LogP contribution in [-0.4, -0.2) is 54.5 Å². The van der Waals surface area contributed by atoms with Gasteiger partial charge in [0.25, 0.3) is 11.8 Å². The molecule has 0 saturated carbocycles. The minimum absolute atomic E-state index is 0.0492. The van der Waals surface area contributed by atoms with E-state index in [0.717, 1.165) is 30.2 Å². The van der Waals surface area contributed by atoms with Crippen LogP contribution in [0.4, 0.5) is 5.69 Å². The molecule has 6 nitrogen and oxygen atoms in total. The quantitative estimate of drug-likeness (QED) is 0.860. The summed E-state index contributed by atoms with van der Waals surface area (Å²) in [7, 11) is 0. The van der Waals surface area contributed by atoms with Gasteiger partial charge in [-0.15, -0.1) is 0 Å². The molecule has 0 atom stereocenters. The molecule has 28 heavy (non-hydrogen) atoms. The summed E-state index contributed by atoms with van der Waals surface area (Å²) in [5.74, 6) is 3.01. The Balaban J connectivity index is 1.47. The first kappa shape index (κ1) is 18.7. The number of fused-ring (bicyclic) bond motifs is 1. The van der Waals surface area contributed by atoms with Crippen LogP contribution in [0.5, 0.6) is 11.5 Å². The van der Waals surface area contributed by atoms with Gasteiger partial charge in [0.2, 0.25) is 0 Å². The number of amides is 2. The van der Waals surface area contributed by atoms with Crippen molar-refractivity contribution >= 4 is 29.3 Å². The highest BCUT2D eigenvalue weighted by Crippen LogP contribution is 2.31. The largest absolute Gasteiger partial charge is 0.486 e. The summed E-state index contributed by atoms with van der Waals surface area (Å²) in [5, 5.41) is 2.92. The van der Waals surface area contributed by atoms with Gasteiger partial charge in [0, 0.05) is 41.4 Å². The number of aryl methyl sites for hydroxylation is 1. The molecule has 0 unspecified atom stereocenters. The fraction of sp³-hybridized carbons (Fsp3) is 0.333. The van der Waals surface area contributed by atoms with Crippen LogP contribution in [0.3, 0.4) is 0 Å². The minimum atomic E-state index is -0.229. The molecule has 2 amide bonds. The molecule has 1 saturated heterocycles. The van der Waals surface area contributed by atoms with Gasteiger partial charge in [-0.05, 0) is 48.9 Å². The Labute approximate surface area is 168 Å². The summed E-state index contributed by atoms with van der Waals surface area (Å²) in [6, 6.07) is 10.5. The monoisotopic (exact) mass is 398 g/mol. The first-order valence-electron chi connectivity index (χ1n) is 9.30. The highest BCUT2D eigenvalue weighted by molar-refractivity contribution is 7.99. The minimum Gasteiger partial charge on any atom is -0.486 e. The van der Waals surface area contributed by atoms with Gasteiger partial charge in [-0.1, -0.05) is 0 Å². The molecule has 2 aromatic carbocycles. The van der Waals surface area contributed by atoms with Crippen molar-refractivity contribution in [1.82, 2.24) is 4.90 Å². The number of nitrogens with zero attached hydrogens (tertiary/aromatic N) is 1. The Morgan fingerprint density at radius 1 is 0.964 bits per heavy atom. The van der Waals surface area contributed by atoms with E-state index in [1.807, 2.05) is 29.7 Å². The molecule has 0 spiro atoms. The number of hydrogen-bond acceptors (Lipinski definition) is 5. The standard InChI is InChI=1S/C21H22N2O4S/c1-14-12-16(21(25)23-6-10-28-11-7-23)2-4-17(14)22-20(24)15-3-5-18-19(13-15)27-9-8-26-18/h2-5,12-13H,6-11H2,1H3,(H,22,24). The molecule has 2 heterocycles. The molecule has 7 heteroatoms. The van der Waals surface area contributed by atoms with Crippen molar-refractivity contribution < 1.29 is 19.1 Å². The maximum atomic E-state index is 12.6. The van der Waals surface area contributed by atoms with Crippen LogP contribution >= 0.6 is 11.8 Å². The van der Waals surface area contributed by atoms with Gasteiger partial charge in [0.15, 0.2) is 11.5 Å². The van der Waals surface area contributed by atoms with Crippen molar-refractivity contribution in [1.29, 1.82) is 0 Å². The average molecular weight is 398 g/mol. The van der Waals surface area contributed by atoms with E-state index in [1.54, 1.807) is 30.3 Å². The molecule has 2 aromatic rings. The summed E-state index contributed by atoms with van der Waals surface area (Å²) in [6.45, 7) is 4.44. The molecule has 146 valence electrons. The van der Waals surface area contributed by atoms with Crippen LogP contribution in [0.2, 0.25) is 0 Å². The summed E-state index contributed by atoms with van der Waals surface area (Å²) >= 11 is 1.87. The van der Waals surface area contributed by atoms with Crippen molar-refractivity contribution in [3.8, 4) is 11.5 Å². The molecule has 2 aliphatic rings. The normalized spacial score (nSPS) is 15.8. The van der Waals surface area contributed by atoms with Gasteiger partial charge < -0.3 is 19.7 Å². The van der Waals surface area contributed by atoms with Gasteiger partial charge in [0.1, 0.15) is 13.2 Å². The second-order valence-electron chi connectivity index (χ2n) is 6.75. The lowest BCUT2D eigenvalue weighted by Crippen LogP contribution is -2.37. The molecule has 1 fully saturated rings. The van der Waals surface area contributed by atoms with E-state index in [9.17, 15) is 9.59 Å². The van der Waals surface area contributed by atoms with Crippen LogP contribution < -0.4 is 14.8 Å². The van der Waals surface area contributed by atoms with E-state index in [-0.39, 0.29) is 11.8 Å². The predicted molar refractivity (Wildman–Crippen MR) is 110 cm³/mol. The van der Waals surface area contributed by atoms with Crippen LogP contribution in [0.15, 0.2) is 36.4 Å². The third kappa shape index (κ3) is 3.94. The Morgan fingerprint density at radius 3 is 2.43 bits per heavy atom. The maximum absolute atomic E-state index is 12.6. The number of ether oxygens (including phenoxy) is 2. The van der Waals surface area contributed by atoms with E-state index < -0.39 is 0 Å². The first-order valence-corrected chi connectivity index (χ1v) is 10.5. The zero-order chi connectivity index (χ0) is 19.5. The Hall–Kier alpha value is -2.67. The molecule has 0 aliphatic carbocycles. The predicted octanol–water partition coefficient (Wildman–Crippen LogP) is 3.21. The number of hydrogen-bond donors (Lipinski definition) is 1. The fourth-order valence-corrected chi connectivity index (χ4v) is 4.17. The maximum Gasteiger partial charge on any atom is 0.255 e. The summed E-state index contributed by atoms with van der Waals surface area (Å²) in [5.41, 5.74) is 2.69. The van der Waals surface area contributed by atoms with Gasteiger partial charge in [-0.2, -0.15) is 11.8 Å². The van der Waals surface area contributed by atoms with Crippen molar-refractivity contribution in [2.24, 2.45) is 0 Å². The Morgan fingerprint density at radius 2 is 1.68 bits per heavy atom. The number of nitrogens with one attached hydrogen (secondary N) is 1. The van der Waals surface area contributed by atoms with Gasteiger partial charge >= 0.3 is 0 Å². The zero-order valence-corrected chi connectivity index (χ0v) is 16.5. The number of rotatable bonds is 3. The molecule has 1 N–H and O–H groups in total. The van der Waals surface area contributed by atoms with Gasteiger partial charge in [-0.25, -0.2) is 0 Å². The van der Waals surface area contributed by atoms with Crippen LogP contribution in [0, 0.1) is 6.92 Å².